The maximum absolute atomic E-state index is 5.01. The molecule has 2 rings (SSSR count). The summed E-state index contributed by atoms with van der Waals surface area (Å²) >= 11 is 0. The highest BCUT2D eigenvalue weighted by atomic mass is 16.5. The minimum Gasteiger partial charge on any atom is -0.480 e. The summed E-state index contributed by atoms with van der Waals surface area (Å²) in [7, 11) is 1.60. The molecule has 1 aromatic rings. The van der Waals surface area contributed by atoms with Crippen molar-refractivity contribution >= 4 is 5.82 Å². The van der Waals surface area contributed by atoms with Crippen LogP contribution in [0.5, 0.6) is 5.88 Å². The van der Waals surface area contributed by atoms with Crippen molar-refractivity contribution in [2.75, 3.05) is 12.4 Å². The first-order valence-corrected chi connectivity index (χ1v) is 5.01. The van der Waals surface area contributed by atoms with Crippen molar-refractivity contribution in [2.45, 2.75) is 31.7 Å². The molecule has 4 nitrogen and oxygen atoms in total. The Balaban J connectivity index is 2.00. The molecule has 14 heavy (non-hydrogen) atoms. The number of aromatic nitrogens is 2. The van der Waals surface area contributed by atoms with Gasteiger partial charge in [-0.25, -0.2) is 0 Å². The predicted molar refractivity (Wildman–Crippen MR) is 54.5 cm³/mol. The van der Waals surface area contributed by atoms with Crippen molar-refractivity contribution in [2.24, 2.45) is 0 Å². The number of hydrogen-bond acceptors (Lipinski definition) is 4. The van der Waals surface area contributed by atoms with E-state index in [0.717, 1.165) is 5.82 Å². The molecule has 0 bridgehead atoms. The predicted octanol–water partition coefficient (Wildman–Crippen LogP) is 1.84. The van der Waals surface area contributed by atoms with Gasteiger partial charge in [0.25, 0.3) is 0 Å². The number of hydrogen-bond donors (Lipinski definition) is 1. The Morgan fingerprint density at radius 2 is 2.14 bits per heavy atom. The fourth-order valence-electron chi connectivity index (χ4n) is 1.80. The van der Waals surface area contributed by atoms with Crippen LogP contribution in [0.4, 0.5) is 5.82 Å². The van der Waals surface area contributed by atoms with Crippen molar-refractivity contribution < 1.29 is 4.74 Å². The van der Waals surface area contributed by atoms with Gasteiger partial charge >= 0.3 is 0 Å². The second-order valence-corrected chi connectivity index (χ2v) is 3.57. The third-order valence-corrected chi connectivity index (χ3v) is 2.53. The summed E-state index contributed by atoms with van der Waals surface area (Å²) in [6, 6.07) is 0.566. The lowest BCUT2D eigenvalue weighted by Gasteiger charge is -2.12. The molecular formula is C10H15N3O. The summed E-state index contributed by atoms with van der Waals surface area (Å²) in [6.45, 7) is 0. The van der Waals surface area contributed by atoms with Crippen LogP contribution in [0.25, 0.3) is 0 Å². The van der Waals surface area contributed by atoms with Gasteiger partial charge in [0.1, 0.15) is 5.82 Å². The van der Waals surface area contributed by atoms with E-state index in [4.69, 9.17) is 4.74 Å². The lowest BCUT2D eigenvalue weighted by molar-refractivity contribution is 0.396. The van der Waals surface area contributed by atoms with Crippen LogP contribution in [0.2, 0.25) is 0 Å². The number of methoxy groups -OCH3 is 1. The average molecular weight is 193 g/mol. The average Bonchev–Trinajstić information content (AvgIpc) is 2.71. The van der Waals surface area contributed by atoms with E-state index < -0.39 is 0 Å². The van der Waals surface area contributed by atoms with Crippen molar-refractivity contribution in [3.63, 3.8) is 0 Å². The van der Waals surface area contributed by atoms with Gasteiger partial charge in [0.2, 0.25) is 5.88 Å². The van der Waals surface area contributed by atoms with Crippen LogP contribution in [0.3, 0.4) is 0 Å². The smallest absolute Gasteiger partial charge is 0.233 e. The first kappa shape index (κ1) is 9.24. The maximum atomic E-state index is 5.01. The molecular weight excluding hydrogens is 178 g/mol. The van der Waals surface area contributed by atoms with E-state index in [2.05, 4.69) is 15.3 Å². The SMILES string of the molecule is COc1cncc(NC2CCCC2)n1. The molecule has 1 fully saturated rings. The third-order valence-electron chi connectivity index (χ3n) is 2.53. The molecule has 0 aromatic carbocycles. The van der Waals surface area contributed by atoms with E-state index in [1.165, 1.54) is 25.7 Å². The monoisotopic (exact) mass is 193 g/mol. The Morgan fingerprint density at radius 1 is 1.36 bits per heavy atom. The first-order chi connectivity index (χ1) is 6.88. The van der Waals surface area contributed by atoms with Gasteiger partial charge < -0.3 is 10.1 Å². The Kier molecular flexibility index (Phi) is 2.81. The first-order valence-electron chi connectivity index (χ1n) is 5.01. The van der Waals surface area contributed by atoms with Crippen molar-refractivity contribution in [3.05, 3.63) is 12.4 Å². The fraction of sp³-hybridized carbons (Fsp3) is 0.600. The molecule has 0 saturated heterocycles. The largest absolute Gasteiger partial charge is 0.480 e. The van der Waals surface area contributed by atoms with E-state index in [9.17, 15) is 0 Å². The summed E-state index contributed by atoms with van der Waals surface area (Å²) in [5, 5.41) is 3.36. The Hall–Kier alpha value is -1.32. The molecule has 0 radical (unpaired) electrons. The number of ether oxygens (including phenoxy) is 1. The zero-order chi connectivity index (χ0) is 9.80. The van der Waals surface area contributed by atoms with Gasteiger partial charge in [0, 0.05) is 6.04 Å². The zero-order valence-corrected chi connectivity index (χ0v) is 8.36. The van der Waals surface area contributed by atoms with Gasteiger partial charge in [0.05, 0.1) is 19.5 Å². The minimum absolute atomic E-state index is 0.563. The third kappa shape index (κ3) is 2.13. The van der Waals surface area contributed by atoms with E-state index in [1.807, 2.05) is 0 Å². The maximum Gasteiger partial charge on any atom is 0.233 e. The van der Waals surface area contributed by atoms with E-state index in [1.54, 1.807) is 19.5 Å². The summed E-state index contributed by atoms with van der Waals surface area (Å²) in [5.74, 6) is 1.38. The number of rotatable bonds is 3. The highest BCUT2D eigenvalue weighted by Crippen LogP contribution is 2.21. The Labute approximate surface area is 83.7 Å². The molecule has 1 saturated carbocycles. The van der Waals surface area contributed by atoms with Gasteiger partial charge in [-0.1, -0.05) is 12.8 Å². The molecule has 1 aliphatic rings. The van der Waals surface area contributed by atoms with Crippen LogP contribution in [0.1, 0.15) is 25.7 Å². The second kappa shape index (κ2) is 4.26. The van der Waals surface area contributed by atoms with Crippen LogP contribution < -0.4 is 10.1 Å². The topological polar surface area (TPSA) is 47.0 Å². The van der Waals surface area contributed by atoms with Gasteiger partial charge in [0.15, 0.2) is 0 Å². The number of anilines is 1. The normalized spacial score (nSPS) is 16.9. The molecule has 76 valence electrons. The lowest BCUT2D eigenvalue weighted by atomic mass is 10.2. The highest BCUT2D eigenvalue weighted by molar-refractivity contribution is 5.34. The number of nitrogens with one attached hydrogen (secondary N) is 1. The van der Waals surface area contributed by atoms with Gasteiger partial charge in [-0.15, -0.1) is 0 Å². The van der Waals surface area contributed by atoms with Crippen LogP contribution >= 0.6 is 0 Å². The molecule has 1 N–H and O–H groups in total. The van der Waals surface area contributed by atoms with Crippen molar-refractivity contribution in [1.29, 1.82) is 0 Å². The summed E-state index contributed by atoms with van der Waals surface area (Å²) in [6.07, 6.45) is 8.45. The van der Waals surface area contributed by atoms with Crippen LogP contribution in [0, 0.1) is 0 Å². The molecule has 0 aliphatic heterocycles. The van der Waals surface area contributed by atoms with Crippen LogP contribution in [-0.4, -0.2) is 23.1 Å². The number of nitrogens with zero attached hydrogens (tertiary/aromatic N) is 2. The minimum atomic E-state index is 0.563. The Morgan fingerprint density at radius 3 is 2.86 bits per heavy atom. The van der Waals surface area contributed by atoms with Gasteiger partial charge in [-0.3, -0.25) is 4.98 Å². The fourth-order valence-corrected chi connectivity index (χ4v) is 1.80. The van der Waals surface area contributed by atoms with Crippen molar-refractivity contribution in [3.8, 4) is 5.88 Å². The standard InChI is InChI=1S/C10H15N3O/c1-14-10-7-11-6-9(13-10)12-8-4-2-3-5-8/h6-8H,2-5H2,1H3,(H,12,13). The van der Waals surface area contributed by atoms with E-state index in [-0.39, 0.29) is 0 Å². The molecule has 1 aliphatic carbocycles. The van der Waals surface area contributed by atoms with E-state index >= 15 is 0 Å². The van der Waals surface area contributed by atoms with Crippen LogP contribution in [0.15, 0.2) is 12.4 Å². The molecule has 0 spiro atoms. The Bertz CT molecular complexity index is 297. The lowest BCUT2D eigenvalue weighted by Crippen LogP contribution is -2.15. The van der Waals surface area contributed by atoms with Crippen LogP contribution in [-0.2, 0) is 0 Å². The van der Waals surface area contributed by atoms with E-state index in [0.29, 0.717) is 11.9 Å². The summed E-state index contributed by atoms with van der Waals surface area (Å²) in [4.78, 5) is 8.31. The highest BCUT2D eigenvalue weighted by Gasteiger charge is 2.14. The zero-order valence-electron chi connectivity index (χ0n) is 8.36. The van der Waals surface area contributed by atoms with Gasteiger partial charge in [-0.2, -0.15) is 4.98 Å². The molecule has 4 heteroatoms. The van der Waals surface area contributed by atoms with Crippen molar-refractivity contribution in [1.82, 2.24) is 9.97 Å². The summed E-state index contributed by atoms with van der Waals surface area (Å²) in [5.41, 5.74) is 0. The molecule has 0 unspecified atom stereocenters. The molecule has 0 amide bonds. The molecule has 0 atom stereocenters. The quantitative estimate of drug-likeness (QED) is 0.795. The molecule has 1 heterocycles. The second-order valence-electron chi connectivity index (χ2n) is 3.57. The van der Waals surface area contributed by atoms with Gasteiger partial charge in [-0.05, 0) is 12.8 Å². The summed E-state index contributed by atoms with van der Waals surface area (Å²) < 4.78 is 5.01. The molecule has 1 aromatic heterocycles.